The fourth-order valence-electron chi connectivity index (χ4n) is 6.56. The van der Waals surface area contributed by atoms with Crippen molar-refractivity contribution in [3.63, 3.8) is 0 Å². The Balaban J connectivity index is 1.56. The molecule has 0 unspecified atom stereocenters. The topological polar surface area (TPSA) is 160 Å². The lowest BCUT2D eigenvalue weighted by molar-refractivity contribution is -0.180. The highest BCUT2D eigenvalue weighted by Crippen LogP contribution is 2.65. The lowest BCUT2D eigenvalue weighted by Crippen LogP contribution is -2.62. The van der Waals surface area contributed by atoms with E-state index in [4.69, 9.17) is 10.5 Å². The van der Waals surface area contributed by atoms with E-state index in [2.05, 4.69) is 10.6 Å². The number of hydrogen-bond acceptors (Lipinski definition) is 6. The predicted molar refractivity (Wildman–Crippen MR) is 134 cm³/mol. The fourth-order valence-corrected chi connectivity index (χ4v) is 6.56. The van der Waals surface area contributed by atoms with Gasteiger partial charge >= 0.3 is 12.1 Å². The molecule has 14 heteroatoms. The SMILES string of the molecule is C[C@@H](OC1(C)CCC1)[C@H](NC(=O)C(F)(F)F)C(=O)N1C[C@H]2[C@@H]([C@H]1C(=O)N[C@@H](C[C@@H]1CCNC1=O)C(N)=O)C2(C)C. The Morgan fingerprint density at radius 2 is 1.82 bits per heavy atom. The van der Waals surface area contributed by atoms with E-state index in [9.17, 15) is 37.1 Å². The third-order valence-corrected chi connectivity index (χ3v) is 9.26. The van der Waals surface area contributed by atoms with Gasteiger partial charge in [-0.05, 0) is 63.2 Å². The summed E-state index contributed by atoms with van der Waals surface area (Å²) in [7, 11) is 0. The maximum atomic E-state index is 13.8. The predicted octanol–water partition coefficient (Wildman–Crippen LogP) is 0.361. The number of nitrogens with two attached hydrogens (primary N) is 1. The normalized spacial score (nSPS) is 30.3. The molecule has 2 heterocycles. The van der Waals surface area contributed by atoms with Crippen LogP contribution in [-0.2, 0) is 28.7 Å². The first-order valence-corrected chi connectivity index (χ1v) is 13.7. The molecule has 4 rings (SSSR count). The number of ether oxygens (including phenoxy) is 1. The summed E-state index contributed by atoms with van der Waals surface area (Å²) in [5.41, 5.74) is 4.56. The Kier molecular flexibility index (Phi) is 7.89. The summed E-state index contributed by atoms with van der Waals surface area (Å²) >= 11 is 0. The lowest BCUT2D eigenvalue weighted by atomic mass is 9.81. The largest absolute Gasteiger partial charge is 0.471 e. The number of amides is 5. The number of primary amides is 1. The number of carbonyl (C=O) groups excluding carboxylic acids is 5. The summed E-state index contributed by atoms with van der Waals surface area (Å²) in [5.74, 6) is -5.89. The van der Waals surface area contributed by atoms with Crippen LogP contribution in [0.3, 0.4) is 0 Å². The first-order valence-electron chi connectivity index (χ1n) is 13.7. The second-order valence-corrected chi connectivity index (χ2v) is 12.4. The monoisotopic (exact) mass is 573 g/mol. The van der Waals surface area contributed by atoms with Crippen LogP contribution in [0.25, 0.3) is 0 Å². The molecule has 224 valence electrons. The lowest BCUT2D eigenvalue weighted by Gasteiger charge is -2.43. The third kappa shape index (κ3) is 5.77. The van der Waals surface area contributed by atoms with Crippen molar-refractivity contribution in [2.24, 2.45) is 28.9 Å². The van der Waals surface area contributed by atoms with Crippen molar-refractivity contribution in [3.8, 4) is 0 Å². The van der Waals surface area contributed by atoms with E-state index in [0.29, 0.717) is 25.8 Å². The van der Waals surface area contributed by atoms with Crippen molar-refractivity contribution in [1.82, 2.24) is 20.9 Å². The second kappa shape index (κ2) is 10.5. The highest BCUT2D eigenvalue weighted by molar-refractivity contribution is 5.96. The molecule has 40 heavy (non-hydrogen) atoms. The molecular weight excluding hydrogens is 535 g/mol. The van der Waals surface area contributed by atoms with E-state index in [1.54, 1.807) is 12.2 Å². The number of likely N-dealkylation sites (tertiary alicyclic amines) is 1. The van der Waals surface area contributed by atoms with E-state index in [1.807, 2.05) is 13.8 Å². The highest BCUT2D eigenvalue weighted by Gasteiger charge is 2.70. The van der Waals surface area contributed by atoms with Crippen LogP contribution < -0.4 is 21.7 Å². The number of rotatable bonds is 10. The molecule has 2 aliphatic heterocycles. The Labute approximate surface area is 230 Å². The Morgan fingerprint density at radius 3 is 2.33 bits per heavy atom. The van der Waals surface area contributed by atoms with Gasteiger partial charge in [0, 0.05) is 19.0 Å². The second-order valence-electron chi connectivity index (χ2n) is 12.4. The van der Waals surface area contributed by atoms with Crippen molar-refractivity contribution in [3.05, 3.63) is 0 Å². The number of halogens is 3. The van der Waals surface area contributed by atoms with Crippen LogP contribution in [-0.4, -0.2) is 83.5 Å². The number of nitrogens with one attached hydrogen (secondary N) is 3. The Morgan fingerprint density at radius 1 is 1.18 bits per heavy atom. The zero-order valence-electron chi connectivity index (χ0n) is 23.1. The molecule has 2 saturated carbocycles. The summed E-state index contributed by atoms with van der Waals surface area (Å²) < 4.78 is 45.6. The zero-order valence-corrected chi connectivity index (χ0v) is 23.1. The van der Waals surface area contributed by atoms with Gasteiger partial charge in [0.15, 0.2) is 0 Å². The van der Waals surface area contributed by atoms with Crippen LogP contribution in [0.15, 0.2) is 0 Å². The molecule has 0 aromatic rings. The fraction of sp³-hybridized carbons (Fsp3) is 0.808. The number of nitrogens with zero attached hydrogens (tertiary/aromatic N) is 1. The smallest absolute Gasteiger partial charge is 0.370 e. The molecule has 4 aliphatic rings. The van der Waals surface area contributed by atoms with Crippen LogP contribution in [0.5, 0.6) is 0 Å². The molecule has 7 atom stereocenters. The minimum atomic E-state index is -5.23. The summed E-state index contributed by atoms with van der Waals surface area (Å²) in [6.45, 7) is 7.59. The van der Waals surface area contributed by atoms with E-state index in [1.165, 1.54) is 11.8 Å². The quantitative estimate of drug-likeness (QED) is 0.295. The molecule has 0 spiro atoms. The molecule has 11 nitrogen and oxygen atoms in total. The molecule has 0 aromatic carbocycles. The Bertz CT molecular complexity index is 1080. The van der Waals surface area contributed by atoms with E-state index < -0.39 is 65.6 Å². The third-order valence-electron chi connectivity index (χ3n) is 9.26. The van der Waals surface area contributed by atoms with Crippen molar-refractivity contribution >= 4 is 29.5 Å². The number of piperidine rings is 1. The van der Waals surface area contributed by atoms with Crippen LogP contribution in [0.2, 0.25) is 0 Å². The van der Waals surface area contributed by atoms with Gasteiger partial charge in [-0.3, -0.25) is 24.0 Å². The average molecular weight is 574 g/mol. The van der Waals surface area contributed by atoms with E-state index >= 15 is 0 Å². The minimum absolute atomic E-state index is 0.0151. The van der Waals surface area contributed by atoms with Gasteiger partial charge in [-0.2, -0.15) is 13.2 Å². The maximum absolute atomic E-state index is 13.8. The molecule has 0 radical (unpaired) electrons. The van der Waals surface area contributed by atoms with Crippen molar-refractivity contribution in [1.29, 1.82) is 0 Å². The van der Waals surface area contributed by atoms with E-state index in [0.717, 1.165) is 6.42 Å². The minimum Gasteiger partial charge on any atom is -0.370 e. The van der Waals surface area contributed by atoms with Gasteiger partial charge in [0.2, 0.25) is 23.6 Å². The van der Waals surface area contributed by atoms with Crippen molar-refractivity contribution in [2.75, 3.05) is 13.1 Å². The van der Waals surface area contributed by atoms with Crippen molar-refractivity contribution < 1.29 is 41.9 Å². The van der Waals surface area contributed by atoms with Gasteiger partial charge in [-0.1, -0.05) is 13.8 Å². The molecule has 0 aromatic heterocycles. The number of fused-ring (bicyclic) bond motifs is 1. The number of alkyl halides is 3. The maximum Gasteiger partial charge on any atom is 0.471 e. The first kappa shape index (κ1) is 30.1. The van der Waals surface area contributed by atoms with Gasteiger partial charge in [-0.15, -0.1) is 0 Å². The molecule has 4 fully saturated rings. The standard InChI is InChI=1S/C26H38F3N5O6/c1-12(40-25(4)7-5-8-25)17(33-23(39)26(27,28)29)22(38)34-11-14-16(24(14,2)3)18(34)21(37)32-15(19(30)35)10-13-6-9-31-20(13)36/h12-18H,5-11H2,1-4H3,(H2,30,35)(H,31,36)(H,32,37)(H,33,39)/t12-,13+,14+,15+,16+,17+,18+/m1/s1. The Hall–Kier alpha value is -2.90. The summed E-state index contributed by atoms with van der Waals surface area (Å²) in [5, 5.41) is 7.04. The van der Waals surface area contributed by atoms with Gasteiger partial charge in [-0.25, -0.2) is 0 Å². The zero-order chi connectivity index (χ0) is 29.8. The van der Waals surface area contributed by atoms with Gasteiger partial charge in [0.05, 0.1) is 11.7 Å². The van der Waals surface area contributed by atoms with E-state index in [-0.39, 0.29) is 36.1 Å². The molecule has 2 saturated heterocycles. The summed E-state index contributed by atoms with van der Waals surface area (Å²) in [6, 6.07) is -3.99. The van der Waals surface area contributed by atoms with Crippen LogP contribution >= 0.6 is 0 Å². The first-order chi connectivity index (χ1) is 18.5. The summed E-state index contributed by atoms with van der Waals surface area (Å²) in [4.78, 5) is 64.7. The molecular formula is C26H38F3N5O6. The van der Waals surface area contributed by atoms with Crippen LogP contribution in [0, 0.1) is 23.2 Å². The van der Waals surface area contributed by atoms with Gasteiger partial charge in [0.25, 0.3) is 0 Å². The highest BCUT2D eigenvalue weighted by atomic mass is 19.4. The molecule has 5 N–H and O–H groups in total. The average Bonchev–Trinajstić information content (AvgIpc) is 3.18. The number of hydrogen-bond donors (Lipinski definition) is 4. The molecule has 2 aliphatic carbocycles. The van der Waals surface area contributed by atoms with Crippen molar-refractivity contribution in [2.45, 2.75) is 95.8 Å². The van der Waals surface area contributed by atoms with Crippen LogP contribution in [0.4, 0.5) is 13.2 Å². The van der Waals surface area contributed by atoms with Crippen LogP contribution in [0.1, 0.15) is 59.8 Å². The van der Waals surface area contributed by atoms with Gasteiger partial charge in [0.1, 0.15) is 18.1 Å². The summed E-state index contributed by atoms with van der Waals surface area (Å²) in [6.07, 6.45) is -3.70. The molecule has 0 bridgehead atoms. The molecule has 5 amide bonds. The van der Waals surface area contributed by atoms with Gasteiger partial charge < -0.3 is 31.3 Å². The number of carbonyl (C=O) groups is 5.